The van der Waals surface area contributed by atoms with E-state index in [4.69, 9.17) is 0 Å². The molecule has 4 heteroatoms. The van der Waals surface area contributed by atoms with Gasteiger partial charge in [-0.1, -0.05) is 55.0 Å². The lowest BCUT2D eigenvalue weighted by molar-refractivity contribution is 0.112. The number of benzene rings is 1. The van der Waals surface area contributed by atoms with Crippen LogP contribution in [0.4, 0.5) is 5.13 Å². The molecule has 1 aromatic carbocycles. The molecular formula is C16H20N2OS. The number of aldehydes is 1. The predicted molar refractivity (Wildman–Crippen MR) is 84.9 cm³/mol. The average molecular weight is 288 g/mol. The van der Waals surface area contributed by atoms with Crippen LogP contribution in [0.2, 0.25) is 0 Å². The predicted octanol–water partition coefficient (Wildman–Crippen LogP) is 4.02. The number of aryl methyl sites for hydroxylation is 1. The Labute approximate surface area is 124 Å². The van der Waals surface area contributed by atoms with E-state index in [1.165, 1.54) is 22.5 Å². The molecule has 0 aliphatic carbocycles. The fourth-order valence-electron chi connectivity index (χ4n) is 2.14. The average Bonchev–Trinajstić information content (AvgIpc) is 2.83. The Morgan fingerprint density at radius 1 is 1.40 bits per heavy atom. The topological polar surface area (TPSA) is 33.2 Å². The lowest BCUT2D eigenvalue weighted by atomic mass is 10.1. The maximum atomic E-state index is 11.1. The highest BCUT2D eigenvalue weighted by Crippen LogP contribution is 2.29. The second kappa shape index (κ2) is 6.18. The van der Waals surface area contributed by atoms with E-state index in [2.05, 4.69) is 54.9 Å². The molecule has 2 aromatic rings. The summed E-state index contributed by atoms with van der Waals surface area (Å²) >= 11 is 1.47. The maximum absolute atomic E-state index is 11.1. The number of hydrogen-bond donors (Lipinski definition) is 0. The normalized spacial score (nSPS) is 10.8. The van der Waals surface area contributed by atoms with Gasteiger partial charge < -0.3 is 4.90 Å². The molecule has 0 atom stereocenters. The standard InChI is InChI=1S/C16H20N2OS/c1-11(2)15-14(10-19)20-16(17-15)18(4)9-13-7-5-6-12(3)8-13/h5-8,10-11H,9H2,1-4H3. The third kappa shape index (κ3) is 3.25. The van der Waals surface area contributed by atoms with Crippen LogP contribution in [0.3, 0.4) is 0 Å². The minimum absolute atomic E-state index is 0.271. The van der Waals surface area contributed by atoms with Crippen LogP contribution in [-0.2, 0) is 6.54 Å². The van der Waals surface area contributed by atoms with Crippen LogP contribution in [0, 0.1) is 6.92 Å². The summed E-state index contributed by atoms with van der Waals surface area (Å²) in [7, 11) is 2.01. The molecule has 0 aliphatic heterocycles. The molecule has 106 valence electrons. The molecule has 0 bridgehead atoms. The van der Waals surface area contributed by atoms with Crippen LogP contribution < -0.4 is 4.90 Å². The fourth-order valence-corrected chi connectivity index (χ4v) is 3.14. The number of rotatable bonds is 5. The van der Waals surface area contributed by atoms with Gasteiger partial charge in [0.05, 0.1) is 10.6 Å². The minimum atomic E-state index is 0.271. The van der Waals surface area contributed by atoms with Crippen LogP contribution in [0.25, 0.3) is 0 Å². The number of hydrogen-bond acceptors (Lipinski definition) is 4. The van der Waals surface area contributed by atoms with Crippen molar-refractivity contribution in [1.29, 1.82) is 0 Å². The molecule has 0 N–H and O–H groups in total. The Kier molecular flexibility index (Phi) is 4.55. The number of aromatic nitrogens is 1. The molecule has 3 nitrogen and oxygen atoms in total. The Balaban J connectivity index is 2.21. The molecule has 0 saturated heterocycles. The number of thiazole rings is 1. The Bertz CT molecular complexity index is 604. The first-order valence-corrected chi connectivity index (χ1v) is 7.55. The van der Waals surface area contributed by atoms with Crippen LogP contribution in [-0.4, -0.2) is 18.3 Å². The summed E-state index contributed by atoms with van der Waals surface area (Å²) in [6, 6.07) is 8.44. The zero-order chi connectivity index (χ0) is 14.7. The summed E-state index contributed by atoms with van der Waals surface area (Å²) in [5, 5.41) is 0.900. The van der Waals surface area contributed by atoms with Gasteiger partial charge in [-0.25, -0.2) is 4.98 Å². The highest BCUT2D eigenvalue weighted by molar-refractivity contribution is 7.17. The van der Waals surface area contributed by atoms with Gasteiger partial charge in [-0.15, -0.1) is 0 Å². The molecule has 0 unspecified atom stereocenters. The third-order valence-electron chi connectivity index (χ3n) is 3.15. The van der Waals surface area contributed by atoms with Crippen molar-refractivity contribution < 1.29 is 4.79 Å². The number of nitrogens with zero attached hydrogens (tertiary/aromatic N) is 2. The number of carbonyl (C=O) groups excluding carboxylic acids is 1. The van der Waals surface area contributed by atoms with E-state index < -0.39 is 0 Å². The lowest BCUT2D eigenvalue weighted by Crippen LogP contribution is -2.16. The lowest BCUT2D eigenvalue weighted by Gasteiger charge is -2.16. The monoisotopic (exact) mass is 288 g/mol. The molecule has 1 heterocycles. The van der Waals surface area contributed by atoms with E-state index in [1.807, 2.05) is 7.05 Å². The Morgan fingerprint density at radius 2 is 2.15 bits per heavy atom. The van der Waals surface area contributed by atoms with Crippen LogP contribution in [0.15, 0.2) is 24.3 Å². The van der Waals surface area contributed by atoms with Crippen LogP contribution in [0.1, 0.15) is 46.3 Å². The maximum Gasteiger partial charge on any atom is 0.186 e. The van der Waals surface area contributed by atoms with E-state index in [0.29, 0.717) is 0 Å². The summed E-state index contributed by atoms with van der Waals surface area (Å²) in [6.07, 6.45) is 0.914. The van der Waals surface area contributed by atoms with E-state index >= 15 is 0 Å². The number of carbonyl (C=O) groups is 1. The van der Waals surface area contributed by atoms with Crippen LogP contribution >= 0.6 is 11.3 Å². The largest absolute Gasteiger partial charge is 0.347 e. The summed E-state index contributed by atoms with van der Waals surface area (Å²) in [5.74, 6) is 0.271. The van der Waals surface area contributed by atoms with Gasteiger partial charge in [0.25, 0.3) is 0 Å². The zero-order valence-corrected chi connectivity index (χ0v) is 13.2. The van der Waals surface area contributed by atoms with Crippen molar-refractivity contribution in [2.24, 2.45) is 0 Å². The van der Waals surface area contributed by atoms with Crippen molar-refractivity contribution in [3.63, 3.8) is 0 Å². The first-order valence-electron chi connectivity index (χ1n) is 6.74. The van der Waals surface area contributed by atoms with Crippen molar-refractivity contribution in [2.45, 2.75) is 33.2 Å². The van der Waals surface area contributed by atoms with Gasteiger partial charge in [-0.3, -0.25) is 4.79 Å². The second-order valence-electron chi connectivity index (χ2n) is 5.36. The van der Waals surface area contributed by atoms with Gasteiger partial charge in [-0.05, 0) is 18.4 Å². The van der Waals surface area contributed by atoms with Crippen molar-refractivity contribution in [1.82, 2.24) is 4.98 Å². The Morgan fingerprint density at radius 3 is 2.70 bits per heavy atom. The van der Waals surface area contributed by atoms with E-state index in [1.54, 1.807) is 0 Å². The molecule has 0 spiro atoms. The van der Waals surface area contributed by atoms with E-state index in [-0.39, 0.29) is 5.92 Å². The van der Waals surface area contributed by atoms with E-state index in [9.17, 15) is 4.79 Å². The smallest absolute Gasteiger partial charge is 0.186 e. The van der Waals surface area contributed by atoms with Gasteiger partial charge in [0.2, 0.25) is 0 Å². The van der Waals surface area contributed by atoms with Crippen LogP contribution in [0.5, 0.6) is 0 Å². The SMILES string of the molecule is Cc1cccc(CN(C)c2nc(C(C)C)c(C=O)s2)c1. The van der Waals surface area contributed by atoms with Gasteiger partial charge in [0, 0.05) is 13.6 Å². The molecule has 2 rings (SSSR count). The first-order chi connectivity index (χ1) is 9.51. The molecule has 20 heavy (non-hydrogen) atoms. The summed E-state index contributed by atoms with van der Waals surface area (Å²) in [6.45, 7) is 7.01. The molecule has 0 fully saturated rings. The van der Waals surface area contributed by atoms with E-state index in [0.717, 1.165) is 28.5 Å². The Hall–Kier alpha value is -1.68. The van der Waals surface area contributed by atoms with Crippen molar-refractivity contribution in [3.05, 3.63) is 46.0 Å². The molecular weight excluding hydrogens is 268 g/mol. The molecule has 0 aliphatic rings. The van der Waals surface area contributed by atoms with Gasteiger partial charge in [0.1, 0.15) is 0 Å². The van der Waals surface area contributed by atoms with Gasteiger partial charge in [-0.2, -0.15) is 0 Å². The van der Waals surface area contributed by atoms with Gasteiger partial charge in [0.15, 0.2) is 11.4 Å². The molecule has 0 amide bonds. The summed E-state index contributed by atoms with van der Waals surface area (Å²) in [5.41, 5.74) is 3.41. The first kappa shape index (κ1) is 14.7. The number of anilines is 1. The minimum Gasteiger partial charge on any atom is -0.347 e. The molecule has 0 saturated carbocycles. The summed E-state index contributed by atoms with van der Waals surface area (Å²) < 4.78 is 0. The van der Waals surface area contributed by atoms with Crippen molar-refractivity contribution in [2.75, 3.05) is 11.9 Å². The summed E-state index contributed by atoms with van der Waals surface area (Å²) in [4.78, 5) is 18.6. The quantitative estimate of drug-likeness (QED) is 0.779. The second-order valence-corrected chi connectivity index (χ2v) is 6.37. The highest BCUT2D eigenvalue weighted by atomic mass is 32.1. The zero-order valence-electron chi connectivity index (χ0n) is 12.4. The highest BCUT2D eigenvalue weighted by Gasteiger charge is 2.16. The third-order valence-corrected chi connectivity index (χ3v) is 4.26. The fraction of sp³-hybridized carbons (Fsp3) is 0.375. The molecule has 0 radical (unpaired) electrons. The van der Waals surface area contributed by atoms with Crippen molar-refractivity contribution >= 4 is 22.8 Å². The molecule has 1 aromatic heterocycles. The van der Waals surface area contributed by atoms with Gasteiger partial charge >= 0.3 is 0 Å². The van der Waals surface area contributed by atoms with Crippen molar-refractivity contribution in [3.8, 4) is 0 Å².